The van der Waals surface area contributed by atoms with E-state index in [0.29, 0.717) is 22.3 Å². The van der Waals surface area contributed by atoms with Gasteiger partial charge in [0.05, 0.1) is 22.7 Å². The van der Waals surface area contributed by atoms with Gasteiger partial charge in [0.1, 0.15) is 0 Å². The summed E-state index contributed by atoms with van der Waals surface area (Å²) in [5.41, 5.74) is 6.82. The van der Waals surface area contributed by atoms with Crippen LogP contribution in [0.3, 0.4) is 0 Å². The Labute approximate surface area is 110 Å². The predicted molar refractivity (Wildman–Crippen MR) is 72.0 cm³/mol. The molecule has 0 aromatic heterocycles. The van der Waals surface area contributed by atoms with E-state index < -0.39 is 0 Å². The number of nitrogen functional groups attached to an aromatic ring is 1. The van der Waals surface area contributed by atoms with E-state index in [1.165, 1.54) is 0 Å². The molecule has 1 aromatic carbocycles. The Balaban J connectivity index is 2.79. The summed E-state index contributed by atoms with van der Waals surface area (Å²) in [6.07, 6.45) is 0.819. The van der Waals surface area contributed by atoms with Crippen molar-refractivity contribution in [1.82, 2.24) is 5.32 Å². The number of carbonyl (C=O) groups excluding carboxylic acids is 1. The van der Waals surface area contributed by atoms with Crippen molar-refractivity contribution in [2.24, 2.45) is 0 Å². The molecule has 94 valence electrons. The van der Waals surface area contributed by atoms with Crippen LogP contribution in [0.5, 0.6) is 0 Å². The molecular weight excluding hydrogens is 284 g/mol. The van der Waals surface area contributed by atoms with E-state index in [2.05, 4.69) is 21.2 Å². The quantitative estimate of drug-likeness (QED) is 0.819. The minimum atomic E-state index is -0.145. The highest BCUT2D eigenvalue weighted by molar-refractivity contribution is 9.10. The molecule has 0 aliphatic carbocycles. The Hall–Kier alpha value is -1.07. The number of nitrogens with one attached hydrogen (secondary N) is 1. The van der Waals surface area contributed by atoms with Gasteiger partial charge in [0.25, 0.3) is 5.91 Å². The summed E-state index contributed by atoms with van der Waals surface area (Å²) in [5, 5.41) is 2.90. The molecule has 0 aliphatic rings. The van der Waals surface area contributed by atoms with E-state index in [4.69, 9.17) is 10.5 Å². The van der Waals surface area contributed by atoms with Crippen molar-refractivity contribution in [3.05, 3.63) is 28.2 Å². The fourth-order valence-corrected chi connectivity index (χ4v) is 1.90. The Morgan fingerprint density at radius 3 is 2.88 bits per heavy atom. The molecule has 0 saturated carbocycles. The first-order valence-electron chi connectivity index (χ1n) is 5.44. The van der Waals surface area contributed by atoms with Crippen LogP contribution in [0.4, 0.5) is 5.69 Å². The second kappa shape index (κ2) is 6.61. The molecule has 5 heteroatoms. The van der Waals surface area contributed by atoms with Crippen LogP contribution in [-0.4, -0.2) is 25.7 Å². The molecule has 0 radical (unpaired) electrons. The van der Waals surface area contributed by atoms with Gasteiger partial charge in [-0.1, -0.05) is 13.0 Å². The van der Waals surface area contributed by atoms with Gasteiger partial charge in [-0.25, -0.2) is 0 Å². The van der Waals surface area contributed by atoms with Crippen LogP contribution < -0.4 is 11.1 Å². The number of halogens is 1. The minimum absolute atomic E-state index is 0.0147. The van der Waals surface area contributed by atoms with Crippen LogP contribution in [0, 0.1) is 0 Å². The molecule has 4 nitrogen and oxygen atoms in total. The lowest BCUT2D eigenvalue weighted by Crippen LogP contribution is -2.37. The smallest absolute Gasteiger partial charge is 0.252 e. The Morgan fingerprint density at radius 1 is 1.59 bits per heavy atom. The molecule has 1 unspecified atom stereocenters. The van der Waals surface area contributed by atoms with E-state index in [9.17, 15) is 4.79 Å². The van der Waals surface area contributed by atoms with Crippen LogP contribution in [0.15, 0.2) is 22.7 Å². The minimum Gasteiger partial charge on any atom is -0.398 e. The monoisotopic (exact) mass is 300 g/mol. The van der Waals surface area contributed by atoms with Crippen LogP contribution in [0.1, 0.15) is 23.7 Å². The summed E-state index contributed by atoms with van der Waals surface area (Å²) in [4.78, 5) is 12.0. The van der Waals surface area contributed by atoms with Gasteiger partial charge in [0, 0.05) is 12.8 Å². The van der Waals surface area contributed by atoms with Crippen molar-refractivity contribution in [3.8, 4) is 0 Å². The molecule has 1 atom stereocenters. The first-order valence-corrected chi connectivity index (χ1v) is 6.23. The number of rotatable bonds is 5. The molecule has 0 bridgehead atoms. The molecule has 1 aromatic rings. The van der Waals surface area contributed by atoms with Gasteiger partial charge >= 0.3 is 0 Å². The predicted octanol–water partition coefficient (Wildman–Crippen LogP) is 2.19. The molecule has 0 saturated heterocycles. The maximum absolute atomic E-state index is 12.0. The van der Waals surface area contributed by atoms with E-state index in [1.54, 1.807) is 25.3 Å². The van der Waals surface area contributed by atoms with Crippen molar-refractivity contribution < 1.29 is 9.53 Å². The number of nitrogens with two attached hydrogens (primary N) is 1. The average Bonchev–Trinajstić information content (AvgIpc) is 2.31. The number of amides is 1. The third-order valence-electron chi connectivity index (χ3n) is 2.47. The van der Waals surface area contributed by atoms with Gasteiger partial charge < -0.3 is 15.8 Å². The van der Waals surface area contributed by atoms with Crippen molar-refractivity contribution >= 4 is 27.5 Å². The Morgan fingerprint density at radius 2 is 2.29 bits per heavy atom. The van der Waals surface area contributed by atoms with Crippen molar-refractivity contribution in [2.75, 3.05) is 19.5 Å². The number of benzene rings is 1. The van der Waals surface area contributed by atoms with Crippen molar-refractivity contribution in [2.45, 2.75) is 19.4 Å². The summed E-state index contributed by atoms with van der Waals surface area (Å²) in [5.74, 6) is -0.145. The summed E-state index contributed by atoms with van der Waals surface area (Å²) in [7, 11) is 1.62. The molecule has 0 heterocycles. The molecule has 1 rings (SSSR count). The number of anilines is 1. The third-order valence-corrected chi connectivity index (χ3v) is 3.35. The van der Waals surface area contributed by atoms with E-state index in [1.807, 2.05) is 6.92 Å². The highest BCUT2D eigenvalue weighted by Crippen LogP contribution is 2.23. The lowest BCUT2D eigenvalue weighted by molar-refractivity contribution is 0.0894. The molecule has 17 heavy (non-hydrogen) atoms. The van der Waals surface area contributed by atoms with Crippen molar-refractivity contribution in [1.29, 1.82) is 0 Å². The van der Waals surface area contributed by atoms with Crippen LogP contribution in [0.25, 0.3) is 0 Å². The number of ether oxygens (including phenoxy) is 1. The fraction of sp³-hybridized carbons (Fsp3) is 0.417. The second-order valence-corrected chi connectivity index (χ2v) is 4.54. The van der Waals surface area contributed by atoms with E-state index in [-0.39, 0.29) is 11.9 Å². The molecule has 0 aliphatic heterocycles. The number of hydrogen-bond donors (Lipinski definition) is 2. The molecule has 1 amide bonds. The summed E-state index contributed by atoms with van der Waals surface area (Å²) in [6.45, 7) is 2.50. The zero-order valence-electron chi connectivity index (χ0n) is 10.00. The first-order chi connectivity index (χ1) is 8.10. The van der Waals surface area contributed by atoms with Gasteiger partial charge in [-0.2, -0.15) is 0 Å². The van der Waals surface area contributed by atoms with E-state index >= 15 is 0 Å². The van der Waals surface area contributed by atoms with Crippen molar-refractivity contribution in [3.63, 3.8) is 0 Å². The summed E-state index contributed by atoms with van der Waals surface area (Å²) in [6, 6.07) is 5.25. The standard InChI is InChI=1S/C12H17BrN2O2/c1-3-8(7-17-2)15-12(16)9-5-4-6-10(14)11(9)13/h4-6,8H,3,7,14H2,1-2H3,(H,15,16). The van der Waals surface area contributed by atoms with Gasteiger partial charge in [-0.15, -0.1) is 0 Å². The normalized spacial score (nSPS) is 12.2. The van der Waals surface area contributed by atoms with Gasteiger partial charge in [0.15, 0.2) is 0 Å². The number of methoxy groups -OCH3 is 1. The van der Waals surface area contributed by atoms with E-state index in [0.717, 1.165) is 6.42 Å². The fourth-order valence-electron chi connectivity index (χ4n) is 1.45. The first kappa shape index (κ1) is 14.0. The zero-order valence-corrected chi connectivity index (χ0v) is 11.6. The largest absolute Gasteiger partial charge is 0.398 e. The molecule has 0 spiro atoms. The maximum Gasteiger partial charge on any atom is 0.252 e. The molecular formula is C12H17BrN2O2. The van der Waals surface area contributed by atoms with Crippen LogP contribution in [-0.2, 0) is 4.74 Å². The number of carbonyl (C=O) groups is 1. The van der Waals surface area contributed by atoms with Gasteiger partial charge in [-0.3, -0.25) is 4.79 Å². The highest BCUT2D eigenvalue weighted by Gasteiger charge is 2.15. The maximum atomic E-state index is 12.0. The topological polar surface area (TPSA) is 64.3 Å². The molecule has 3 N–H and O–H groups in total. The zero-order chi connectivity index (χ0) is 12.8. The third kappa shape index (κ3) is 3.71. The summed E-state index contributed by atoms with van der Waals surface area (Å²) >= 11 is 3.31. The van der Waals surface area contributed by atoms with Gasteiger partial charge in [0.2, 0.25) is 0 Å². The second-order valence-electron chi connectivity index (χ2n) is 3.74. The SMILES string of the molecule is CCC(COC)NC(=O)c1cccc(N)c1Br. The lowest BCUT2D eigenvalue weighted by Gasteiger charge is -2.16. The number of hydrogen-bond acceptors (Lipinski definition) is 3. The lowest BCUT2D eigenvalue weighted by atomic mass is 10.1. The van der Waals surface area contributed by atoms with Crippen LogP contribution in [0.2, 0.25) is 0 Å². The van der Waals surface area contributed by atoms with Crippen LogP contribution >= 0.6 is 15.9 Å². The van der Waals surface area contributed by atoms with Gasteiger partial charge in [-0.05, 0) is 34.5 Å². The molecule has 0 fully saturated rings. The highest BCUT2D eigenvalue weighted by atomic mass is 79.9. The average molecular weight is 301 g/mol. The summed E-state index contributed by atoms with van der Waals surface area (Å²) < 4.78 is 5.66. The Kier molecular flexibility index (Phi) is 5.44. The Bertz CT molecular complexity index is 396.